The first-order valence-corrected chi connectivity index (χ1v) is 10.3. The van der Waals surface area contributed by atoms with Crippen LogP contribution in [-0.4, -0.2) is 78.7 Å². The van der Waals surface area contributed by atoms with Gasteiger partial charge in [-0.15, -0.1) is 5.10 Å². The molecule has 10 nitrogen and oxygen atoms in total. The van der Waals surface area contributed by atoms with E-state index in [9.17, 15) is 4.39 Å². The van der Waals surface area contributed by atoms with Gasteiger partial charge in [0.2, 0.25) is 5.95 Å². The zero-order valence-electron chi connectivity index (χ0n) is 16.7. The van der Waals surface area contributed by atoms with E-state index in [1.54, 1.807) is 15.2 Å². The van der Waals surface area contributed by atoms with E-state index >= 15 is 0 Å². The third-order valence-electron chi connectivity index (χ3n) is 6.10. The number of ether oxygens (including phenoxy) is 1. The van der Waals surface area contributed by atoms with Gasteiger partial charge in [0, 0.05) is 37.1 Å². The average molecular weight is 423 g/mol. The van der Waals surface area contributed by atoms with E-state index in [1.165, 1.54) is 0 Å². The molecule has 0 aliphatic carbocycles. The first-order valence-electron chi connectivity index (χ1n) is 10.3. The molecule has 2 saturated heterocycles. The maximum absolute atomic E-state index is 14.8. The average Bonchev–Trinajstić information content (AvgIpc) is 3.35. The minimum Gasteiger partial charge on any atom is -0.382 e. The Labute approximate surface area is 176 Å². The summed E-state index contributed by atoms with van der Waals surface area (Å²) in [4.78, 5) is 11.2. The number of anilines is 2. The number of piperidine rings is 1. The van der Waals surface area contributed by atoms with Crippen molar-refractivity contribution in [1.82, 2.24) is 34.1 Å². The number of likely N-dealkylation sites (tertiary alicyclic amines) is 1. The lowest BCUT2D eigenvalue weighted by atomic mass is 10.0. The molecule has 6 rings (SSSR count). The third-order valence-corrected chi connectivity index (χ3v) is 6.10. The molecule has 2 aliphatic heterocycles. The first kappa shape index (κ1) is 18.5. The van der Waals surface area contributed by atoms with Crippen LogP contribution >= 0.6 is 0 Å². The van der Waals surface area contributed by atoms with E-state index in [4.69, 9.17) is 10.5 Å². The van der Waals surface area contributed by atoms with Crippen LogP contribution in [0.4, 0.5) is 16.2 Å². The summed E-state index contributed by atoms with van der Waals surface area (Å²) >= 11 is 0. The molecule has 0 aromatic carbocycles. The van der Waals surface area contributed by atoms with Crippen LogP contribution in [0.2, 0.25) is 0 Å². The Balaban J connectivity index is 1.25. The van der Waals surface area contributed by atoms with Gasteiger partial charge in [-0.25, -0.2) is 18.4 Å². The summed E-state index contributed by atoms with van der Waals surface area (Å²) in [5.41, 5.74) is 9.27. The molecule has 11 heteroatoms. The Morgan fingerprint density at radius 1 is 1.13 bits per heavy atom. The standard InChI is InChI=1S/C20H22FN9O/c21-14-9-28(12-10-31-11-12)6-3-16(14)25-20-26-19(22)18-13(2-7-30(18)27-20)15-4-8-29-17(24-15)1-5-23-29/h1-2,4-5,7-8,12,14,16H,3,6,9-11H2,(H3,22,25,26,27). The molecule has 0 bridgehead atoms. The lowest BCUT2D eigenvalue weighted by Crippen LogP contribution is -2.57. The van der Waals surface area contributed by atoms with E-state index in [1.807, 2.05) is 30.6 Å². The fourth-order valence-corrected chi connectivity index (χ4v) is 4.31. The summed E-state index contributed by atoms with van der Waals surface area (Å²) in [7, 11) is 0. The van der Waals surface area contributed by atoms with Crippen LogP contribution in [-0.2, 0) is 4.74 Å². The molecule has 4 aromatic heterocycles. The van der Waals surface area contributed by atoms with Crippen molar-refractivity contribution in [3.05, 3.63) is 36.8 Å². The van der Waals surface area contributed by atoms with Crippen LogP contribution in [0, 0.1) is 0 Å². The molecule has 0 radical (unpaired) electrons. The van der Waals surface area contributed by atoms with E-state index < -0.39 is 6.17 Å². The minimum absolute atomic E-state index is 0.312. The first-order chi connectivity index (χ1) is 15.2. The zero-order valence-corrected chi connectivity index (χ0v) is 16.7. The van der Waals surface area contributed by atoms with Crippen LogP contribution in [0.15, 0.2) is 36.8 Å². The van der Waals surface area contributed by atoms with Crippen molar-refractivity contribution >= 4 is 22.9 Å². The van der Waals surface area contributed by atoms with Gasteiger partial charge < -0.3 is 15.8 Å². The van der Waals surface area contributed by atoms with Crippen LogP contribution in [0.5, 0.6) is 0 Å². The maximum Gasteiger partial charge on any atom is 0.243 e. The Bertz CT molecular complexity index is 1250. The van der Waals surface area contributed by atoms with Crippen molar-refractivity contribution in [2.45, 2.75) is 24.7 Å². The number of halogens is 1. The zero-order chi connectivity index (χ0) is 20.9. The lowest BCUT2D eigenvalue weighted by molar-refractivity contribution is -0.0794. The lowest BCUT2D eigenvalue weighted by Gasteiger charge is -2.42. The van der Waals surface area contributed by atoms with Crippen molar-refractivity contribution in [3.63, 3.8) is 0 Å². The van der Waals surface area contributed by atoms with Gasteiger partial charge in [0.25, 0.3) is 0 Å². The van der Waals surface area contributed by atoms with Crippen molar-refractivity contribution in [2.24, 2.45) is 0 Å². The molecule has 2 atom stereocenters. The monoisotopic (exact) mass is 423 g/mol. The van der Waals surface area contributed by atoms with Crippen molar-refractivity contribution in [3.8, 4) is 11.3 Å². The van der Waals surface area contributed by atoms with Crippen molar-refractivity contribution in [1.29, 1.82) is 0 Å². The normalized spacial score (nSPS) is 22.7. The van der Waals surface area contributed by atoms with Gasteiger partial charge in [-0.2, -0.15) is 10.1 Å². The second-order valence-electron chi connectivity index (χ2n) is 8.03. The van der Waals surface area contributed by atoms with Crippen molar-refractivity contribution < 1.29 is 9.13 Å². The number of nitrogens with two attached hydrogens (primary N) is 1. The Morgan fingerprint density at radius 3 is 2.81 bits per heavy atom. The number of hydrogen-bond acceptors (Lipinski definition) is 8. The Kier molecular flexibility index (Phi) is 4.25. The van der Waals surface area contributed by atoms with Crippen LogP contribution < -0.4 is 11.1 Å². The summed E-state index contributed by atoms with van der Waals surface area (Å²) in [6, 6.07) is 5.60. The summed E-state index contributed by atoms with van der Waals surface area (Å²) < 4.78 is 23.4. The van der Waals surface area contributed by atoms with Gasteiger partial charge in [0.05, 0.1) is 37.2 Å². The number of alkyl halides is 1. The molecule has 160 valence electrons. The molecular weight excluding hydrogens is 401 g/mol. The highest BCUT2D eigenvalue weighted by Crippen LogP contribution is 2.28. The molecule has 3 N–H and O–H groups in total. The largest absolute Gasteiger partial charge is 0.382 e. The molecular formula is C20H22FN9O. The van der Waals surface area contributed by atoms with E-state index in [0.29, 0.717) is 49.5 Å². The fourth-order valence-electron chi connectivity index (χ4n) is 4.31. The summed E-state index contributed by atoms with van der Waals surface area (Å²) in [5.74, 6) is 0.631. The summed E-state index contributed by atoms with van der Waals surface area (Å²) in [6.07, 6.45) is 5.01. The molecule has 0 spiro atoms. The second-order valence-corrected chi connectivity index (χ2v) is 8.03. The number of nitrogens with zero attached hydrogens (tertiary/aromatic N) is 7. The Morgan fingerprint density at radius 2 is 2.00 bits per heavy atom. The number of nitrogens with one attached hydrogen (secondary N) is 1. The van der Waals surface area contributed by atoms with Gasteiger partial charge in [0.15, 0.2) is 11.5 Å². The van der Waals surface area contributed by atoms with Crippen molar-refractivity contribution in [2.75, 3.05) is 37.4 Å². The predicted octanol–water partition coefficient (Wildman–Crippen LogP) is 1.24. The van der Waals surface area contributed by atoms with Crippen LogP contribution in [0.3, 0.4) is 0 Å². The van der Waals surface area contributed by atoms with E-state index in [0.717, 1.165) is 23.4 Å². The highest BCUT2D eigenvalue weighted by molar-refractivity contribution is 5.86. The second kappa shape index (κ2) is 7.13. The SMILES string of the molecule is Nc1nc(NC2CCN(C3COC3)CC2F)nn2ccc(-c3ccn4nccc4n3)c12. The number of rotatable bonds is 4. The molecule has 6 heterocycles. The quantitative estimate of drug-likeness (QED) is 0.505. The van der Waals surface area contributed by atoms with Gasteiger partial charge >= 0.3 is 0 Å². The number of fused-ring (bicyclic) bond motifs is 2. The van der Waals surface area contributed by atoms with Gasteiger partial charge in [-0.05, 0) is 18.6 Å². The predicted molar refractivity (Wildman–Crippen MR) is 112 cm³/mol. The molecule has 0 saturated carbocycles. The van der Waals surface area contributed by atoms with Gasteiger partial charge in [0.1, 0.15) is 11.7 Å². The smallest absolute Gasteiger partial charge is 0.243 e. The number of hydrogen-bond donors (Lipinski definition) is 2. The number of nitrogen functional groups attached to an aromatic ring is 1. The highest BCUT2D eigenvalue weighted by Gasteiger charge is 2.35. The molecule has 4 aromatic rings. The molecule has 31 heavy (non-hydrogen) atoms. The minimum atomic E-state index is -1.01. The summed E-state index contributed by atoms with van der Waals surface area (Å²) in [5, 5.41) is 11.8. The van der Waals surface area contributed by atoms with Gasteiger partial charge in [-0.3, -0.25) is 4.90 Å². The van der Waals surface area contributed by atoms with Crippen LogP contribution in [0.1, 0.15) is 6.42 Å². The third kappa shape index (κ3) is 3.17. The number of aromatic nitrogens is 6. The topological polar surface area (TPSA) is 111 Å². The Hall–Kier alpha value is -3.31. The molecule has 2 aliphatic rings. The summed E-state index contributed by atoms with van der Waals surface area (Å²) in [6.45, 7) is 2.60. The molecule has 2 unspecified atom stereocenters. The molecule has 2 fully saturated rings. The highest BCUT2D eigenvalue weighted by atomic mass is 19.1. The fraction of sp³-hybridized carbons (Fsp3) is 0.400. The van der Waals surface area contributed by atoms with Gasteiger partial charge in [-0.1, -0.05) is 0 Å². The maximum atomic E-state index is 14.8. The van der Waals surface area contributed by atoms with E-state index in [-0.39, 0.29) is 6.04 Å². The van der Waals surface area contributed by atoms with Crippen LogP contribution in [0.25, 0.3) is 22.4 Å². The van der Waals surface area contributed by atoms with E-state index in [2.05, 4.69) is 30.4 Å². The molecule has 0 amide bonds.